The van der Waals surface area contributed by atoms with Crippen molar-refractivity contribution < 1.29 is 32.3 Å². The highest BCUT2D eigenvalue weighted by Gasteiger charge is 2.42. The summed E-state index contributed by atoms with van der Waals surface area (Å²) in [5, 5.41) is 19.5. The smallest absolute Gasteiger partial charge is 0.297 e. The van der Waals surface area contributed by atoms with Crippen molar-refractivity contribution in [3.05, 3.63) is 65.7 Å². The predicted molar refractivity (Wildman–Crippen MR) is 101 cm³/mol. The van der Waals surface area contributed by atoms with Crippen LogP contribution in [0.4, 0.5) is 0 Å². The molecule has 2 aromatic carbocycles. The molecular formula is C20H24O7S. The minimum atomic E-state index is -4.11. The minimum Gasteiger partial charge on any atom is -0.394 e. The third kappa shape index (κ3) is 5.16. The number of rotatable bonds is 7. The molecule has 1 aliphatic rings. The van der Waals surface area contributed by atoms with Gasteiger partial charge in [0.1, 0.15) is 12.2 Å². The van der Waals surface area contributed by atoms with Crippen LogP contribution in [0.5, 0.6) is 0 Å². The van der Waals surface area contributed by atoms with E-state index in [0.717, 1.165) is 11.1 Å². The molecule has 28 heavy (non-hydrogen) atoms. The quantitative estimate of drug-likeness (QED) is 0.673. The number of aryl methyl sites for hydroxylation is 1. The number of ether oxygens (including phenoxy) is 2. The van der Waals surface area contributed by atoms with Gasteiger partial charge in [0.25, 0.3) is 10.1 Å². The molecule has 2 aromatic rings. The molecule has 8 heteroatoms. The molecule has 0 spiro atoms. The Labute approximate surface area is 164 Å². The average molecular weight is 408 g/mol. The maximum atomic E-state index is 12.7. The number of benzene rings is 2. The van der Waals surface area contributed by atoms with Crippen LogP contribution in [-0.4, -0.2) is 49.8 Å². The SMILES string of the molecule is Cc1ccc(S(=O)(=O)O[C@H]2[C@@H](OCc3ccccc3)C[C@@H](O)O[C@@H]2CO)cc1. The largest absolute Gasteiger partial charge is 0.394 e. The molecule has 0 aliphatic carbocycles. The minimum absolute atomic E-state index is 0.00252. The highest BCUT2D eigenvalue weighted by molar-refractivity contribution is 7.86. The Balaban J connectivity index is 1.79. The van der Waals surface area contributed by atoms with E-state index < -0.39 is 41.3 Å². The maximum absolute atomic E-state index is 12.7. The molecule has 1 aliphatic heterocycles. The van der Waals surface area contributed by atoms with Gasteiger partial charge in [-0.2, -0.15) is 8.42 Å². The lowest BCUT2D eigenvalue weighted by molar-refractivity contribution is -0.243. The predicted octanol–water partition coefficient (Wildman–Crippen LogP) is 1.75. The van der Waals surface area contributed by atoms with E-state index >= 15 is 0 Å². The fourth-order valence-corrected chi connectivity index (χ4v) is 4.15. The van der Waals surface area contributed by atoms with E-state index in [2.05, 4.69) is 0 Å². The molecule has 2 N–H and O–H groups in total. The topological polar surface area (TPSA) is 102 Å². The summed E-state index contributed by atoms with van der Waals surface area (Å²) in [6, 6.07) is 15.6. The van der Waals surface area contributed by atoms with Gasteiger partial charge < -0.3 is 19.7 Å². The first-order valence-electron chi connectivity index (χ1n) is 8.99. The van der Waals surface area contributed by atoms with Crippen molar-refractivity contribution in [3.63, 3.8) is 0 Å². The van der Waals surface area contributed by atoms with Crippen LogP contribution < -0.4 is 0 Å². The van der Waals surface area contributed by atoms with Gasteiger partial charge in [-0.3, -0.25) is 4.18 Å². The van der Waals surface area contributed by atoms with Gasteiger partial charge in [0.2, 0.25) is 0 Å². The van der Waals surface area contributed by atoms with E-state index in [9.17, 15) is 18.6 Å². The number of aliphatic hydroxyl groups excluding tert-OH is 2. The van der Waals surface area contributed by atoms with E-state index in [0.29, 0.717) is 0 Å². The molecule has 0 bridgehead atoms. The van der Waals surface area contributed by atoms with E-state index in [-0.39, 0.29) is 17.9 Å². The van der Waals surface area contributed by atoms with Crippen LogP contribution in [0, 0.1) is 6.92 Å². The first-order chi connectivity index (χ1) is 13.4. The van der Waals surface area contributed by atoms with Crippen molar-refractivity contribution in [2.75, 3.05) is 6.61 Å². The van der Waals surface area contributed by atoms with Gasteiger partial charge in [-0.05, 0) is 24.6 Å². The fourth-order valence-electron chi connectivity index (χ4n) is 3.03. The molecule has 0 radical (unpaired) electrons. The third-order valence-corrected chi connectivity index (χ3v) is 5.86. The van der Waals surface area contributed by atoms with Gasteiger partial charge >= 0.3 is 0 Å². The molecule has 0 unspecified atom stereocenters. The molecular weight excluding hydrogens is 384 g/mol. The normalized spacial score (nSPS) is 25.5. The lowest BCUT2D eigenvalue weighted by atomic mass is 10.0. The average Bonchev–Trinajstić information content (AvgIpc) is 2.68. The molecule has 3 rings (SSSR count). The van der Waals surface area contributed by atoms with Crippen LogP contribution in [0.1, 0.15) is 17.5 Å². The zero-order chi connectivity index (χ0) is 20.1. The highest BCUT2D eigenvalue weighted by Crippen LogP contribution is 2.28. The summed E-state index contributed by atoms with van der Waals surface area (Å²) in [4.78, 5) is 0.00252. The van der Waals surface area contributed by atoms with Crippen molar-refractivity contribution >= 4 is 10.1 Å². The Morgan fingerprint density at radius 3 is 2.43 bits per heavy atom. The molecule has 152 valence electrons. The van der Waals surface area contributed by atoms with Gasteiger partial charge in [-0.1, -0.05) is 48.0 Å². The van der Waals surface area contributed by atoms with Gasteiger partial charge in [0, 0.05) is 6.42 Å². The van der Waals surface area contributed by atoms with Crippen LogP contribution in [0.25, 0.3) is 0 Å². The molecule has 1 saturated heterocycles. The second-order valence-corrected chi connectivity index (χ2v) is 8.28. The summed E-state index contributed by atoms with van der Waals surface area (Å²) < 4.78 is 41.9. The van der Waals surface area contributed by atoms with Gasteiger partial charge in [-0.25, -0.2) is 0 Å². The first kappa shape index (κ1) is 20.9. The summed E-state index contributed by atoms with van der Waals surface area (Å²) in [6.45, 7) is 1.54. The number of hydrogen-bond donors (Lipinski definition) is 2. The van der Waals surface area contributed by atoms with Gasteiger partial charge in [0.15, 0.2) is 6.29 Å². The monoisotopic (exact) mass is 408 g/mol. The van der Waals surface area contributed by atoms with Gasteiger partial charge in [0.05, 0.1) is 24.2 Å². The van der Waals surface area contributed by atoms with E-state index in [1.54, 1.807) is 12.1 Å². The third-order valence-electron chi connectivity index (χ3n) is 4.53. The second-order valence-electron chi connectivity index (χ2n) is 6.71. The van der Waals surface area contributed by atoms with Crippen LogP contribution in [-0.2, 0) is 30.4 Å². The lowest BCUT2D eigenvalue weighted by Crippen LogP contribution is -2.52. The Bertz CT molecular complexity index is 852. The highest BCUT2D eigenvalue weighted by atomic mass is 32.2. The van der Waals surface area contributed by atoms with E-state index in [4.69, 9.17) is 13.7 Å². The Morgan fingerprint density at radius 2 is 1.79 bits per heavy atom. The van der Waals surface area contributed by atoms with Crippen molar-refractivity contribution in [2.45, 2.75) is 49.4 Å². The summed E-state index contributed by atoms with van der Waals surface area (Å²) in [7, 11) is -4.11. The van der Waals surface area contributed by atoms with Crippen LogP contribution in [0.15, 0.2) is 59.5 Å². The van der Waals surface area contributed by atoms with Crippen molar-refractivity contribution in [1.82, 2.24) is 0 Å². The van der Waals surface area contributed by atoms with Gasteiger partial charge in [-0.15, -0.1) is 0 Å². The first-order valence-corrected chi connectivity index (χ1v) is 10.4. The summed E-state index contributed by atoms with van der Waals surface area (Å²) in [5.41, 5.74) is 1.81. The molecule has 0 aromatic heterocycles. The molecule has 1 heterocycles. The Morgan fingerprint density at radius 1 is 1.11 bits per heavy atom. The maximum Gasteiger partial charge on any atom is 0.297 e. The van der Waals surface area contributed by atoms with Crippen LogP contribution in [0.2, 0.25) is 0 Å². The van der Waals surface area contributed by atoms with Crippen molar-refractivity contribution in [2.24, 2.45) is 0 Å². The number of aliphatic hydroxyl groups is 2. The summed E-state index contributed by atoms with van der Waals surface area (Å²) in [5.74, 6) is 0. The lowest BCUT2D eigenvalue weighted by Gasteiger charge is -2.38. The molecule has 1 fully saturated rings. The molecule has 7 nitrogen and oxygen atoms in total. The summed E-state index contributed by atoms with van der Waals surface area (Å²) >= 11 is 0. The Kier molecular flexibility index (Phi) is 6.82. The Hall–Kier alpha value is -1.81. The summed E-state index contributed by atoms with van der Waals surface area (Å²) in [6.07, 6.45) is -4.06. The molecule has 0 amide bonds. The van der Waals surface area contributed by atoms with Crippen LogP contribution >= 0.6 is 0 Å². The zero-order valence-electron chi connectivity index (χ0n) is 15.5. The molecule has 0 saturated carbocycles. The molecule has 4 atom stereocenters. The van der Waals surface area contributed by atoms with Crippen LogP contribution in [0.3, 0.4) is 0 Å². The van der Waals surface area contributed by atoms with Crippen molar-refractivity contribution in [3.8, 4) is 0 Å². The zero-order valence-corrected chi connectivity index (χ0v) is 16.3. The standard InChI is InChI=1S/C20H24O7S/c1-14-7-9-16(10-8-14)28(23,24)27-20-17(11-19(22)26-18(20)12-21)25-13-15-5-3-2-4-6-15/h2-10,17-22H,11-13H2,1H3/t17-,18+,19-,20-/m0/s1. The second kappa shape index (κ2) is 9.13. The van der Waals surface area contributed by atoms with E-state index in [1.165, 1.54) is 12.1 Å². The fraction of sp³-hybridized carbons (Fsp3) is 0.400. The number of hydrogen-bond acceptors (Lipinski definition) is 7. The van der Waals surface area contributed by atoms with Crippen molar-refractivity contribution in [1.29, 1.82) is 0 Å². The van der Waals surface area contributed by atoms with E-state index in [1.807, 2.05) is 37.3 Å².